The van der Waals surface area contributed by atoms with Gasteiger partial charge in [0.25, 0.3) is 0 Å². The predicted molar refractivity (Wildman–Crippen MR) is 35.6 cm³/mol. The third-order valence-corrected chi connectivity index (χ3v) is 2.35. The molecule has 0 spiro atoms. The Hall–Kier alpha value is -1.04. The van der Waals surface area contributed by atoms with E-state index in [2.05, 4.69) is 0 Å². The first-order valence-electron chi connectivity index (χ1n) is 3.17. The third-order valence-electron chi connectivity index (χ3n) is 2.35. The van der Waals surface area contributed by atoms with Gasteiger partial charge in [0.2, 0.25) is 5.91 Å². The minimum Gasteiger partial charge on any atom is -0.368 e. The number of primary amides is 1. The van der Waals surface area contributed by atoms with E-state index >= 15 is 0 Å². The number of nitrogens with two attached hydrogens (primary N) is 1. The van der Waals surface area contributed by atoms with Crippen molar-refractivity contribution >= 4 is 5.91 Å². The lowest BCUT2D eigenvalue weighted by atomic mass is 9.97. The van der Waals surface area contributed by atoms with E-state index in [1.54, 1.807) is 0 Å². The molecule has 1 saturated carbocycles. The molecule has 0 heterocycles. The molecule has 3 heteroatoms. The summed E-state index contributed by atoms with van der Waals surface area (Å²) < 4.78 is 0. The predicted octanol–water partition coefficient (Wildman–Crippen LogP) is 0.412. The molecule has 10 heavy (non-hydrogen) atoms. The second kappa shape index (κ2) is 1.51. The highest BCUT2D eigenvalue weighted by molar-refractivity contribution is 5.88. The average Bonchev–Trinajstić information content (AvgIpc) is 2.35. The van der Waals surface area contributed by atoms with Gasteiger partial charge < -0.3 is 5.73 Å². The number of hydrogen-bond acceptors (Lipinski definition) is 2. The number of nitriles is 1. The van der Waals surface area contributed by atoms with Crippen LogP contribution in [0.15, 0.2) is 0 Å². The summed E-state index contributed by atoms with van der Waals surface area (Å²) >= 11 is 0. The molecular formula is C7H10N2O. The summed E-state index contributed by atoms with van der Waals surface area (Å²) in [5.41, 5.74) is 3.99. The van der Waals surface area contributed by atoms with Crippen LogP contribution in [0.3, 0.4) is 0 Å². The summed E-state index contributed by atoms with van der Waals surface area (Å²) in [5, 5.41) is 8.61. The lowest BCUT2D eigenvalue weighted by Crippen LogP contribution is -2.27. The van der Waals surface area contributed by atoms with E-state index in [9.17, 15) is 4.79 Å². The molecule has 1 unspecified atom stereocenters. The quantitative estimate of drug-likeness (QED) is 0.570. The highest BCUT2D eigenvalue weighted by Gasteiger charge is 2.66. The summed E-state index contributed by atoms with van der Waals surface area (Å²) in [6.45, 7) is 3.75. The van der Waals surface area contributed by atoms with Crippen molar-refractivity contribution in [3.63, 3.8) is 0 Å². The van der Waals surface area contributed by atoms with Crippen molar-refractivity contribution in [1.82, 2.24) is 0 Å². The molecule has 1 aliphatic rings. The summed E-state index contributed by atoms with van der Waals surface area (Å²) in [7, 11) is 0. The number of carbonyl (C=O) groups is 1. The van der Waals surface area contributed by atoms with Crippen LogP contribution in [0, 0.1) is 22.2 Å². The normalized spacial score (nSPS) is 34.5. The average molecular weight is 138 g/mol. The van der Waals surface area contributed by atoms with Gasteiger partial charge in [-0.2, -0.15) is 5.26 Å². The maximum atomic E-state index is 10.7. The molecule has 0 aromatic carbocycles. The van der Waals surface area contributed by atoms with Crippen molar-refractivity contribution < 1.29 is 4.79 Å². The molecule has 1 fully saturated rings. The molecule has 1 aliphatic carbocycles. The maximum absolute atomic E-state index is 10.7. The van der Waals surface area contributed by atoms with Crippen LogP contribution >= 0.6 is 0 Å². The van der Waals surface area contributed by atoms with Crippen molar-refractivity contribution in [2.24, 2.45) is 16.6 Å². The second-order valence-corrected chi connectivity index (χ2v) is 3.44. The molecule has 0 bridgehead atoms. The SMILES string of the molecule is CC1(C)CC1(C#N)C(N)=O. The number of carbonyl (C=O) groups excluding carboxylic acids is 1. The Balaban J connectivity index is 2.92. The Labute approximate surface area is 59.8 Å². The molecular weight excluding hydrogens is 128 g/mol. The van der Waals surface area contributed by atoms with E-state index in [-0.39, 0.29) is 5.41 Å². The van der Waals surface area contributed by atoms with E-state index in [1.807, 2.05) is 19.9 Å². The Kier molecular flexibility index (Phi) is 1.07. The van der Waals surface area contributed by atoms with Gasteiger partial charge in [-0.1, -0.05) is 13.8 Å². The van der Waals surface area contributed by atoms with Crippen molar-refractivity contribution in [2.75, 3.05) is 0 Å². The molecule has 2 N–H and O–H groups in total. The molecule has 0 aromatic heterocycles. The smallest absolute Gasteiger partial charge is 0.238 e. The van der Waals surface area contributed by atoms with E-state index < -0.39 is 11.3 Å². The first-order chi connectivity index (χ1) is 4.46. The van der Waals surface area contributed by atoms with Gasteiger partial charge >= 0.3 is 0 Å². The van der Waals surface area contributed by atoms with Crippen LogP contribution in [0.25, 0.3) is 0 Å². The first kappa shape index (κ1) is 7.07. The van der Waals surface area contributed by atoms with Gasteiger partial charge in [0, 0.05) is 0 Å². The van der Waals surface area contributed by atoms with Crippen LogP contribution in [0.5, 0.6) is 0 Å². The maximum Gasteiger partial charge on any atom is 0.238 e. The Morgan fingerprint density at radius 2 is 2.10 bits per heavy atom. The van der Waals surface area contributed by atoms with Gasteiger partial charge in [0.1, 0.15) is 5.41 Å². The van der Waals surface area contributed by atoms with Crippen molar-refractivity contribution in [3.8, 4) is 6.07 Å². The van der Waals surface area contributed by atoms with Crippen LogP contribution in [0.1, 0.15) is 20.3 Å². The minimum atomic E-state index is -0.868. The molecule has 1 rings (SSSR count). The zero-order chi connectivity index (χ0) is 7.99. The minimum absolute atomic E-state index is 0.201. The summed E-state index contributed by atoms with van der Waals surface area (Å²) in [4.78, 5) is 10.7. The number of rotatable bonds is 1. The fourth-order valence-corrected chi connectivity index (χ4v) is 1.29. The molecule has 1 atom stereocenters. The molecule has 0 radical (unpaired) electrons. The van der Waals surface area contributed by atoms with Crippen LogP contribution in [0.4, 0.5) is 0 Å². The molecule has 0 saturated heterocycles. The zero-order valence-corrected chi connectivity index (χ0v) is 6.14. The van der Waals surface area contributed by atoms with Crippen molar-refractivity contribution in [2.45, 2.75) is 20.3 Å². The topological polar surface area (TPSA) is 66.9 Å². The van der Waals surface area contributed by atoms with E-state index in [1.165, 1.54) is 0 Å². The van der Waals surface area contributed by atoms with Gasteiger partial charge in [-0.25, -0.2) is 0 Å². The number of nitrogens with zero attached hydrogens (tertiary/aromatic N) is 1. The van der Waals surface area contributed by atoms with Gasteiger partial charge in [-0.15, -0.1) is 0 Å². The van der Waals surface area contributed by atoms with Gasteiger partial charge in [-0.05, 0) is 11.8 Å². The standard InChI is InChI=1S/C7H10N2O/c1-6(2)3-7(6,4-8)5(9)10/h3H2,1-2H3,(H2,9,10). The van der Waals surface area contributed by atoms with Crippen LogP contribution in [0.2, 0.25) is 0 Å². The Bertz CT molecular complexity index is 226. The summed E-state index contributed by atoms with van der Waals surface area (Å²) in [6.07, 6.45) is 0.603. The largest absolute Gasteiger partial charge is 0.368 e. The monoisotopic (exact) mass is 138 g/mol. The molecule has 3 nitrogen and oxygen atoms in total. The second-order valence-electron chi connectivity index (χ2n) is 3.44. The number of amides is 1. The fraction of sp³-hybridized carbons (Fsp3) is 0.714. The van der Waals surface area contributed by atoms with Crippen LogP contribution in [-0.2, 0) is 4.79 Å². The molecule has 54 valence electrons. The molecule has 0 aliphatic heterocycles. The Morgan fingerprint density at radius 3 is 2.10 bits per heavy atom. The highest BCUT2D eigenvalue weighted by atomic mass is 16.1. The zero-order valence-electron chi connectivity index (χ0n) is 6.14. The van der Waals surface area contributed by atoms with E-state index in [0.29, 0.717) is 6.42 Å². The first-order valence-corrected chi connectivity index (χ1v) is 3.17. The fourth-order valence-electron chi connectivity index (χ4n) is 1.29. The lowest BCUT2D eigenvalue weighted by Gasteiger charge is -2.05. The Morgan fingerprint density at radius 1 is 1.70 bits per heavy atom. The third kappa shape index (κ3) is 0.563. The highest BCUT2D eigenvalue weighted by Crippen LogP contribution is 2.62. The van der Waals surface area contributed by atoms with E-state index in [4.69, 9.17) is 11.0 Å². The van der Waals surface area contributed by atoms with Gasteiger partial charge in [0.15, 0.2) is 0 Å². The van der Waals surface area contributed by atoms with E-state index in [0.717, 1.165) is 0 Å². The molecule has 0 aromatic rings. The summed E-state index contributed by atoms with van der Waals surface area (Å²) in [5.74, 6) is -0.486. The van der Waals surface area contributed by atoms with Crippen molar-refractivity contribution in [3.05, 3.63) is 0 Å². The molecule has 1 amide bonds. The summed E-state index contributed by atoms with van der Waals surface area (Å²) in [6, 6.07) is 1.97. The van der Waals surface area contributed by atoms with Crippen molar-refractivity contribution in [1.29, 1.82) is 5.26 Å². The van der Waals surface area contributed by atoms with Gasteiger partial charge in [0.05, 0.1) is 6.07 Å². The lowest BCUT2D eigenvalue weighted by molar-refractivity contribution is -0.122. The van der Waals surface area contributed by atoms with Crippen LogP contribution < -0.4 is 5.73 Å². The van der Waals surface area contributed by atoms with Crippen LogP contribution in [-0.4, -0.2) is 5.91 Å². The number of hydrogen-bond donors (Lipinski definition) is 1. The van der Waals surface area contributed by atoms with Gasteiger partial charge in [-0.3, -0.25) is 4.79 Å².